The molecular formula is C12H20N4O2. The summed E-state index contributed by atoms with van der Waals surface area (Å²) >= 11 is 0. The SMILES string of the molecule is CCCOc1nc(NCC)nc(OCC2CC2)n1. The van der Waals surface area contributed by atoms with Gasteiger partial charge in [-0.05, 0) is 32.1 Å². The molecule has 0 aliphatic heterocycles. The highest BCUT2D eigenvalue weighted by molar-refractivity contribution is 5.27. The highest BCUT2D eigenvalue weighted by Gasteiger charge is 2.22. The average Bonchev–Trinajstić information content (AvgIpc) is 3.18. The van der Waals surface area contributed by atoms with E-state index in [4.69, 9.17) is 9.47 Å². The van der Waals surface area contributed by atoms with Crippen LogP contribution < -0.4 is 14.8 Å². The lowest BCUT2D eigenvalue weighted by Crippen LogP contribution is -2.10. The van der Waals surface area contributed by atoms with E-state index in [0.717, 1.165) is 13.0 Å². The summed E-state index contributed by atoms with van der Waals surface area (Å²) in [5.41, 5.74) is 0. The summed E-state index contributed by atoms with van der Waals surface area (Å²) in [5, 5.41) is 3.05. The van der Waals surface area contributed by atoms with E-state index in [1.165, 1.54) is 12.8 Å². The normalized spacial score (nSPS) is 14.3. The summed E-state index contributed by atoms with van der Waals surface area (Å²) in [6, 6.07) is 0.674. The van der Waals surface area contributed by atoms with Crippen LogP contribution >= 0.6 is 0 Å². The molecule has 1 heterocycles. The Morgan fingerprint density at radius 3 is 2.44 bits per heavy atom. The predicted molar refractivity (Wildman–Crippen MR) is 68.0 cm³/mol. The number of nitrogens with one attached hydrogen (secondary N) is 1. The van der Waals surface area contributed by atoms with Crippen molar-refractivity contribution in [2.45, 2.75) is 33.1 Å². The third-order valence-corrected chi connectivity index (χ3v) is 2.51. The summed E-state index contributed by atoms with van der Waals surface area (Å²) in [4.78, 5) is 12.5. The standard InChI is InChI=1S/C12H20N4O2/c1-3-7-17-11-14-10(13-4-2)15-12(16-11)18-8-9-5-6-9/h9H,3-8H2,1-2H3,(H,13,14,15,16). The van der Waals surface area contributed by atoms with E-state index in [2.05, 4.69) is 20.3 Å². The second-order valence-corrected chi connectivity index (χ2v) is 4.36. The minimum Gasteiger partial charge on any atom is -0.463 e. The van der Waals surface area contributed by atoms with Gasteiger partial charge in [0.1, 0.15) is 0 Å². The van der Waals surface area contributed by atoms with Gasteiger partial charge in [-0.15, -0.1) is 4.98 Å². The van der Waals surface area contributed by atoms with Crippen LogP contribution in [0.4, 0.5) is 5.95 Å². The van der Waals surface area contributed by atoms with Crippen molar-refractivity contribution in [1.29, 1.82) is 0 Å². The summed E-state index contributed by atoms with van der Waals surface area (Å²) in [7, 11) is 0. The molecule has 0 radical (unpaired) electrons. The number of hydrogen-bond donors (Lipinski definition) is 1. The van der Waals surface area contributed by atoms with Crippen LogP contribution in [0.25, 0.3) is 0 Å². The van der Waals surface area contributed by atoms with Crippen molar-refractivity contribution >= 4 is 5.95 Å². The monoisotopic (exact) mass is 252 g/mol. The number of aromatic nitrogens is 3. The van der Waals surface area contributed by atoms with Crippen LogP contribution in [0.5, 0.6) is 12.0 Å². The minimum atomic E-state index is 0.327. The molecule has 0 unspecified atom stereocenters. The molecule has 0 spiro atoms. The molecule has 1 aromatic rings. The first-order valence-electron chi connectivity index (χ1n) is 6.57. The van der Waals surface area contributed by atoms with E-state index in [0.29, 0.717) is 37.1 Å². The second-order valence-electron chi connectivity index (χ2n) is 4.36. The maximum Gasteiger partial charge on any atom is 0.324 e. The third kappa shape index (κ3) is 4.01. The van der Waals surface area contributed by atoms with Crippen LogP contribution in [0.3, 0.4) is 0 Å². The van der Waals surface area contributed by atoms with Gasteiger partial charge in [0.05, 0.1) is 13.2 Å². The molecule has 100 valence electrons. The highest BCUT2D eigenvalue weighted by Crippen LogP contribution is 2.29. The number of ether oxygens (including phenoxy) is 2. The Balaban J connectivity index is 2.01. The van der Waals surface area contributed by atoms with Crippen molar-refractivity contribution in [3.05, 3.63) is 0 Å². The second kappa shape index (κ2) is 6.37. The van der Waals surface area contributed by atoms with Crippen molar-refractivity contribution in [3.8, 4) is 12.0 Å². The Bertz CT molecular complexity index is 382. The van der Waals surface area contributed by atoms with Crippen molar-refractivity contribution in [2.75, 3.05) is 25.1 Å². The van der Waals surface area contributed by atoms with Gasteiger partial charge in [-0.2, -0.15) is 9.97 Å². The third-order valence-electron chi connectivity index (χ3n) is 2.51. The van der Waals surface area contributed by atoms with Crippen LogP contribution in [-0.4, -0.2) is 34.7 Å². The fourth-order valence-electron chi connectivity index (χ4n) is 1.37. The summed E-state index contributed by atoms with van der Waals surface area (Å²) in [6.07, 6.45) is 3.40. The Kier molecular flexibility index (Phi) is 4.55. The quantitative estimate of drug-likeness (QED) is 0.762. The van der Waals surface area contributed by atoms with Crippen LogP contribution in [0.1, 0.15) is 33.1 Å². The summed E-state index contributed by atoms with van der Waals surface area (Å²) < 4.78 is 11.0. The van der Waals surface area contributed by atoms with Gasteiger partial charge in [0, 0.05) is 6.54 Å². The maximum atomic E-state index is 5.56. The lowest BCUT2D eigenvalue weighted by Gasteiger charge is -2.08. The molecule has 6 heteroatoms. The Hall–Kier alpha value is -1.59. The van der Waals surface area contributed by atoms with Crippen molar-refractivity contribution in [1.82, 2.24) is 15.0 Å². The van der Waals surface area contributed by atoms with Gasteiger partial charge in [-0.25, -0.2) is 0 Å². The molecule has 0 bridgehead atoms. The van der Waals surface area contributed by atoms with Gasteiger partial charge in [-0.3, -0.25) is 0 Å². The lowest BCUT2D eigenvalue weighted by molar-refractivity contribution is 0.254. The van der Waals surface area contributed by atoms with Crippen LogP contribution in [0.15, 0.2) is 0 Å². The summed E-state index contributed by atoms with van der Waals surface area (Å²) in [6.45, 7) is 6.05. The number of nitrogens with zero attached hydrogens (tertiary/aromatic N) is 3. The van der Waals surface area contributed by atoms with Crippen LogP contribution in [-0.2, 0) is 0 Å². The lowest BCUT2D eigenvalue weighted by atomic mass is 10.5. The molecule has 0 atom stereocenters. The molecule has 1 saturated carbocycles. The molecule has 6 nitrogen and oxygen atoms in total. The number of hydrogen-bond acceptors (Lipinski definition) is 6. The van der Waals surface area contributed by atoms with E-state index in [9.17, 15) is 0 Å². The largest absolute Gasteiger partial charge is 0.463 e. The zero-order valence-corrected chi connectivity index (χ0v) is 11.0. The van der Waals surface area contributed by atoms with Crippen molar-refractivity contribution < 1.29 is 9.47 Å². The van der Waals surface area contributed by atoms with E-state index in [-0.39, 0.29) is 0 Å². The first-order valence-corrected chi connectivity index (χ1v) is 6.57. The minimum absolute atomic E-state index is 0.327. The number of rotatable bonds is 8. The topological polar surface area (TPSA) is 69.2 Å². The average molecular weight is 252 g/mol. The Morgan fingerprint density at radius 2 is 1.83 bits per heavy atom. The van der Waals surface area contributed by atoms with E-state index in [1.807, 2.05) is 13.8 Å². The van der Waals surface area contributed by atoms with Gasteiger partial charge in [0.15, 0.2) is 0 Å². The molecule has 2 rings (SSSR count). The van der Waals surface area contributed by atoms with Gasteiger partial charge >= 0.3 is 12.0 Å². The van der Waals surface area contributed by atoms with E-state index < -0.39 is 0 Å². The molecular weight excluding hydrogens is 232 g/mol. The molecule has 1 N–H and O–H groups in total. The van der Waals surface area contributed by atoms with Crippen molar-refractivity contribution in [3.63, 3.8) is 0 Å². The van der Waals surface area contributed by atoms with E-state index >= 15 is 0 Å². The zero-order valence-electron chi connectivity index (χ0n) is 11.0. The predicted octanol–water partition coefficient (Wildman–Crippen LogP) is 1.88. The Morgan fingerprint density at radius 1 is 1.11 bits per heavy atom. The molecule has 1 fully saturated rings. The molecule has 0 aromatic carbocycles. The maximum absolute atomic E-state index is 5.56. The molecule has 1 aliphatic rings. The molecule has 0 amide bonds. The van der Waals surface area contributed by atoms with Crippen LogP contribution in [0, 0.1) is 5.92 Å². The first-order chi connectivity index (χ1) is 8.81. The van der Waals surface area contributed by atoms with Crippen molar-refractivity contribution in [2.24, 2.45) is 5.92 Å². The zero-order chi connectivity index (χ0) is 12.8. The van der Waals surface area contributed by atoms with Gasteiger partial charge < -0.3 is 14.8 Å². The Labute approximate surface area is 107 Å². The first kappa shape index (κ1) is 12.9. The van der Waals surface area contributed by atoms with Gasteiger partial charge in [0.25, 0.3) is 0 Å². The van der Waals surface area contributed by atoms with Gasteiger partial charge in [-0.1, -0.05) is 6.92 Å². The smallest absolute Gasteiger partial charge is 0.324 e. The highest BCUT2D eigenvalue weighted by atomic mass is 16.5. The molecule has 0 saturated heterocycles. The van der Waals surface area contributed by atoms with Gasteiger partial charge in [0.2, 0.25) is 5.95 Å². The van der Waals surface area contributed by atoms with E-state index in [1.54, 1.807) is 0 Å². The van der Waals surface area contributed by atoms with Crippen LogP contribution in [0.2, 0.25) is 0 Å². The fraction of sp³-hybridized carbons (Fsp3) is 0.750. The fourth-order valence-corrected chi connectivity index (χ4v) is 1.37. The summed E-state index contributed by atoms with van der Waals surface area (Å²) in [5.74, 6) is 1.17. The molecule has 18 heavy (non-hydrogen) atoms. The number of anilines is 1. The molecule has 1 aromatic heterocycles. The molecule has 1 aliphatic carbocycles.